The second-order valence-corrected chi connectivity index (χ2v) is 6.12. The number of rotatable bonds is 4. The molecule has 0 atom stereocenters. The molecule has 0 unspecified atom stereocenters. The number of hydrogen-bond donors (Lipinski definition) is 4. The summed E-state index contributed by atoms with van der Waals surface area (Å²) in [6.45, 7) is 2.17. The minimum atomic E-state index is 0.135. The fraction of sp³-hybridized carbons (Fsp3) is 0.211. The van der Waals surface area contributed by atoms with Gasteiger partial charge in [0, 0.05) is 16.7 Å². The SMILES string of the molecule is CCCCc1cc(C2=NNNN2)ccc1C#Cc1ccc(O)cc1Cl. The first-order chi connectivity index (χ1) is 12.2. The van der Waals surface area contributed by atoms with Crippen LogP contribution in [0.4, 0.5) is 0 Å². The minimum Gasteiger partial charge on any atom is -0.508 e. The van der Waals surface area contributed by atoms with Crippen LogP contribution in [-0.4, -0.2) is 10.9 Å². The number of amidine groups is 1. The van der Waals surface area contributed by atoms with Gasteiger partial charge >= 0.3 is 0 Å². The number of hydrazine groups is 2. The maximum Gasteiger partial charge on any atom is 0.170 e. The number of nitrogens with zero attached hydrogens (tertiary/aromatic N) is 1. The van der Waals surface area contributed by atoms with Gasteiger partial charge in [-0.15, -0.1) is 10.6 Å². The Bertz CT molecular complexity index is 867. The monoisotopic (exact) mass is 354 g/mol. The van der Waals surface area contributed by atoms with E-state index < -0.39 is 0 Å². The molecule has 1 aliphatic rings. The predicted molar refractivity (Wildman–Crippen MR) is 100 cm³/mol. The van der Waals surface area contributed by atoms with Crippen LogP contribution in [0.15, 0.2) is 41.5 Å². The number of aromatic hydroxyl groups is 1. The molecule has 0 bridgehead atoms. The number of benzene rings is 2. The Labute approximate surface area is 152 Å². The molecule has 2 aromatic carbocycles. The Morgan fingerprint density at radius 2 is 1.92 bits per heavy atom. The van der Waals surface area contributed by atoms with Gasteiger partial charge in [-0.2, -0.15) is 0 Å². The summed E-state index contributed by atoms with van der Waals surface area (Å²) in [5, 5.41) is 14.0. The summed E-state index contributed by atoms with van der Waals surface area (Å²) in [5.74, 6) is 7.19. The van der Waals surface area contributed by atoms with Gasteiger partial charge in [0.2, 0.25) is 0 Å². The van der Waals surface area contributed by atoms with Crippen molar-refractivity contribution in [1.82, 2.24) is 16.5 Å². The molecule has 128 valence electrons. The number of halogens is 1. The van der Waals surface area contributed by atoms with Crippen LogP contribution in [0.2, 0.25) is 5.02 Å². The van der Waals surface area contributed by atoms with Crippen molar-refractivity contribution in [2.45, 2.75) is 26.2 Å². The van der Waals surface area contributed by atoms with Gasteiger partial charge < -0.3 is 5.11 Å². The molecule has 0 saturated carbocycles. The Morgan fingerprint density at radius 3 is 2.64 bits per heavy atom. The van der Waals surface area contributed by atoms with Gasteiger partial charge in [-0.25, -0.2) is 5.53 Å². The van der Waals surface area contributed by atoms with E-state index in [2.05, 4.69) is 46.4 Å². The van der Waals surface area contributed by atoms with Gasteiger partial charge in [0.05, 0.1) is 5.02 Å². The van der Waals surface area contributed by atoms with E-state index in [1.165, 1.54) is 11.6 Å². The van der Waals surface area contributed by atoms with Crippen LogP contribution in [0.25, 0.3) is 0 Å². The molecule has 3 rings (SSSR count). The van der Waals surface area contributed by atoms with Crippen molar-refractivity contribution in [1.29, 1.82) is 0 Å². The summed E-state index contributed by atoms with van der Waals surface area (Å²) in [4.78, 5) is 0. The fourth-order valence-corrected chi connectivity index (χ4v) is 2.73. The molecular weight excluding hydrogens is 336 g/mol. The maximum absolute atomic E-state index is 9.44. The van der Waals surface area contributed by atoms with Crippen molar-refractivity contribution in [3.05, 3.63) is 63.7 Å². The van der Waals surface area contributed by atoms with Crippen LogP contribution in [0.3, 0.4) is 0 Å². The topological polar surface area (TPSA) is 68.7 Å². The number of hydrazone groups is 1. The first kappa shape index (κ1) is 17.2. The Hall–Kier alpha value is -2.68. The van der Waals surface area contributed by atoms with Gasteiger partial charge in [-0.05, 0) is 54.8 Å². The number of phenolic OH excluding ortho intramolecular Hbond substituents is 1. The van der Waals surface area contributed by atoms with Gasteiger partial charge in [0.25, 0.3) is 0 Å². The minimum absolute atomic E-state index is 0.135. The third kappa shape index (κ3) is 4.24. The van der Waals surface area contributed by atoms with Crippen molar-refractivity contribution in [3.63, 3.8) is 0 Å². The smallest absolute Gasteiger partial charge is 0.170 e. The highest BCUT2D eigenvalue weighted by molar-refractivity contribution is 6.31. The predicted octanol–water partition coefficient (Wildman–Crippen LogP) is 3.06. The lowest BCUT2D eigenvalue weighted by atomic mass is 9.98. The molecule has 6 heteroatoms. The van der Waals surface area contributed by atoms with Crippen LogP contribution >= 0.6 is 11.6 Å². The summed E-state index contributed by atoms with van der Waals surface area (Å²) in [6, 6.07) is 10.9. The zero-order valence-corrected chi connectivity index (χ0v) is 14.6. The molecule has 25 heavy (non-hydrogen) atoms. The zero-order chi connectivity index (χ0) is 17.6. The van der Waals surface area contributed by atoms with E-state index in [9.17, 15) is 5.11 Å². The second-order valence-electron chi connectivity index (χ2n) is 5.71. The summed E-state index contributed by atoms with van der Waals surface area (Å²) >= 11 is 6.13. The van der Waals surface area contributed by atoms with Crippen molar-refractivity contribution >= 4 is 17.4 Å². The van der Waals surface area contributed by atoms with E-state index in [0.29, 0.717) is 10.6 Å². The number of nitrogens with one attached hydrogen (secondary N) is 3. The molecule has 0 amide bonds. The Morgan fingerprint density at radius 1 is 1.12 bits per heavy atom. The second kappa shape index (κ2) is 7.93. The van der Waals surface area contributed by atoms with Crippen molar-refractivity contribution in [2.75, 3.05) is 0 Å². The molecule has 0 saturated heterocycles. The number of hydrogen-bond acceptors (Lipinski definition) is 5. The highest BCUT2D eigenvalue weighted by Crippen LogP contribution is 2.21. The van der Waals surface area contributed by atoms with E-state index in [-0.39, 0.29) is 5.75 Å². The normalized spacial score (nSPS) is 12.6. The van der Waals surface area contributed by atoms with E-state index >= 15 is 0 Å². The lowest BCUT2D eigenvalue weighted by Crippen LogP contribution is -2.35. The first-order valence-corrected chi connectivity index (χ1v) is 8.52. The molecule has 0 radical (unpaired) electrons. The van der Waals surface area contributed by atoms with Crippen LogP contribution in [0.1, 0.15) is 42.0 Å². The lowest BCUT2D eigenvalue weighted by Gasteiger charge is -2.08. The molecule has 0 spiro atoms. The molecule has 5 nitrogen and oxygen atoms in total. The molecule has 0 fully saturated rings. The van der Waals surface area contributed by atoms with Gasteiger partial charge in [0.15, 0.2) is 5.84 Å². The van der Waals surface area contributed by atoms with Gasteiger partial charge in [-0.3, -0.25) is 5.43 Å². The zero-order valence-electron chi connectivity index (χ0n) is 13.9. The van der Waals surface area contributed by atoms with E-state index in [1.54, 1.807) is 12.1 Å². The molecule has 2 aromatic rings. The molecule has 1 heterocycles. The third-order valence-electron chi connectivity index (χ3n) is 3.87. The molecule has 0 aliphatic carbocycles. The third-order valence-corrected chi connectivity index (χ3v) is 4.18. The molecule has 1 aliphatic heterocycles. The van der Waals surface area contributed by atoms with E-state index in [0.717, 1.165) is 36.2 Å². The van der Waals surface area contributed by atoms with Crippen LogP contribution in [-0.2, 0) is 6.42 Å². The number of phenols is 1. The molecule has 0 aromatic heterocycles. The van der Waals surface area contributed by atoms with Crippen molar-refractivity contribution in [2.24, 2.45) is 5.10 Å². The van der Waals surface area contributed by atoms with Crippen molar-refractivity contribution < 1.29 is 5.11 Å². The average molecular weight is 355 g/mol. The average Bonchev–Trinajstić information content (AvgIpc) is 3.14. The first-order valence-electron chi connectivity index (χ1n) is 8.15. The molecule has 4 N–H and O–H groups in total. The highest BCUT2D eigenvalue weighted by Gasteiger charge is 2.10. The molecular formula is C19H19ClN4O. The fourth-order valence-electron chi connectivity index (χ4n) is 2.51. The van der Waals surface area contributed by atoms with Crippen molar-refractivity contribution in [3.8, 4) is 17.6 Å². The van der Waals surface area contributed by atoms with Gasteiger partial charge in [0.1, 0.15) is 5.75 Å². The van der Waals surface area contributed by atoms with Gasteiger partial charge in [-0.1, -0.05) is 36.8 Å². The summed E-state index contributed by atoms with van der Waals surface area (Å²) < 4.78 is 0. The largest absolute Gasteiger partial charge is 0.508 e. The summed E-state index contributed by atoms with van der Waals surface area (Å²) in [5.41, 5.74) is 12.2. The number of aryl methyl sites for hydroxylation is 1. The lowest BCUT2D eigenvalue weighted by molar-refractivity contribution is 0.475. The van der Waals surface area contributed by atoms with Crippen LogP contribution in [0.5, 0.6) is 5.75 Å². The standard InChI is InChI=1S/C19H19ClN4O/c1-2-3-4-15-11-16(19-21-23-24-22-19)8-6-13(15)5-7-14-9-10-17(25)12-18(14)20/h6,8-12,23-25H,2-4H2,1H3,(H,21,22). The number of unbranched alkanes of at least 4 members (excludes halogenated alkanes) is 1. The highest BCUT2D eigenvalue weighted by atomic mass is 35.5. The maximum atomic E-state index is 9.44. The van der Waals surface area contributed by atoms with Crippen LogP contribution < -0.4 is 16.5 Å². The quantitative estimate of drug-likeness (QED) is 0.637. The van der Waals surface area contributed by atoms with E-state index in [1.807, 2.05) is 12.1 Å². The Balaban J connectivity index is 1.93. The summed E-state index contributed by atoms with van der Waals surface area (Å²) in [7, 11) is 0. The van der Waals surface area contributed by atoms with Crippen LogP contribution in [0, 0.1) is 11.8 Å². The summed E-state index contributed by atoms with van der Waals surface area (Å²) in [6.07, 6.45) is 3.16. The Kier molecular flexibility index (Phi) is 5.44. The van der Waals surface area contributed by atoms with E-state index in [4.69, 9.17) is 11.6 Å².